The van der Waals surface area contributed by atoms with Crippen LogP contribution in [0.2, 0.25) is 0 Å². The second kappa shape index (κ2) is 6.07. The highest BCUT2D eigenvalue weighted by molar-refractivity contribution is 8.19. The van der Waals surface area contributed by atoms with Crippen molar-refractivity contribution in [3.8, 4) is 11.5 Å². The maximum Gasteiger partial charge on any atom is 0.284 e. The normalized spacial score (nSPS) is 16.0. The quantitative estimate of drug-likeness (QED) is 0.882. The van der Waals surface area contributed by atoms with Crippen molar-refractivity contribution >= 4 is 28.8 Å². The molecule has 1 aliphatic rings. The summed E-state index contributed by atoms with van der Waals surface area (Å²) in [6, 6.07) is 14.7. The Morgan fingerprint density at radius 1 is 1.14 bits per heavy atom. The highest BCUT2D eigenvalue weighted by atomic mass is 32.2. The van der Waals surface area contributed by atoms with Crippen molar-refractivity contribution in [2.45, 2.75) is 0 Å². The third kappa shape index (κ3) is 2.76. The van der Waals surface area contributed by atoms with Gasteiger partial charge in [0, 0.05) is 11.1 Å². The third-order valence-electron chi connectivity index (χ3n) is 3.18. The van der Waals surface area contributed by atoms with E-state index in [1.165, 1.54) is 18.9 Å². The molecule has 0 aliphatic carbocycles. The summed E-state index contributed by atoms with van der Waals surface area (Å²) in [7, 11) is 1.48. The van der Waals surface area contributed by atoms with Gasteiger partial charge in [-0.2, -0.15) is 0 Å². The van der Waals surface area contributed by atoms with E-state index in [-0.39, 0.29) is 11.7 Å². The molecular formula is C17H13NO3S. The van der Waals surface area contributed by atoms with E-state index in [1.54, 1.807) is 24.3 Å². The van der Waals surface area contributed by atoms with Gasteiger partial charge in [0.1, 0.15) is 5.04 Å². The smallest absolute Gasteiger partial charge is 0.284 e. The van der Waals surface area contributed by atoms with E-state index in [0.29, 0.717) is 21.3 Å². The lowest BCUT2D eigenvalue weighted by atomic mass is 10.1. The van der Waals surface area contributed by atoms with Crippen LogP contribution in [0.4, 0.5) is 0 Å². The number of hydrogen-bond acceptors (Lipinski definition) is 4. The summed E-state index contributed by atoms with van der Waals surface area (Å²) in [5, 5.41) is 10.8. The minimum Gasteiger partial charge on any atom is -0.504 e. The number of para-hydroxylation sites is 1. The molecule has 3 rings (SSSR count). The predicted octanol–water partition coefficient (Wildman–Crippen LogP) is 3.46. The molecule has 4 nitrogen and oxygen atoms in total. The number of aromatic hydroxyl groups is 1. The van der Waals surface area contributed by atoms with E-state index >= 15 is 0 Å². The summed E-state index contributed by atoms with van der Waals surface area (Å²) in [5.74, 6) is 0.0825. The lowest BCUT2D eigenvalue weighted by Gasteiger charge is -2.05. The molecule has 0 unspecified atom stereocenters. The van der Waals surface area contributed by atoms with Crippen molar-refractivity contribution < 1.29 is 14.6 Å². The molecule has 22 heavy (non-hydrogen) atoms. The van der Waals surface area contributed by atoms with Crippen LogP contribution in [0.25, 0.3) is 6.08 Å². The molecule has 0 atom stereocenters. The molecule has 1 N–H and O–H groups in total. The van der Waals surface area contributed by atoms with E-state index in [2.05, 4.69) is 4.99 Å². The van der Waals surface area contributed by atoms with E-state index < -0.39 is 0 Å². The molecule has 0 fully saturated rings. The molecule has 0 saturated carbocycles. The Balaban J connectivity index is 1.91. The predicted molar refractivity (Wildman–Crippen MR) is 88.2 cm³/mol. The Morgan fingerprint density at radius 3 is 2.64 bits per heavy atom. The zero-order valence-electron chi connectivity index (χ0n) is 11.8. The highest BCUT2D eigenvalue weighted by Crippen LogP contribution is 2.36. The van der Waals surface area contributed by atoms with Gasteiger partial charge in [0.05, 0.1) is 12.0 Å². The van der Waals surface area contributed by atoms with Crippen LogP contribution >= 0.6 is 11.8 Å². The molecule has 110 valence electrons. The Bertz CT molecular complexity index is 782. The van der Waals surface area contributed by atoms with Crippen molar-refractivity contribution in [2.75, 3.05) is 7.11 Å². The van der Waals surface area contributed by atoms with Crippen LogP contribution in [-0.2, 0) is 4.79 Å². The van der Waals surface area contributed by atoms with E-state index in [4.69, 9.17) is 4.74 Å². The van der Waals surface area contributed by atoms with Crippen LogP contribution in [0.1, 0.15) is 11.1 Å². The van der Waals surface area contributed by atoms with Gasteiger partial charge in [-0.25, -0.2) is 4.99 Å². The number of nitrogens with zero attached hydrogens (tertiary/aromatic N) is 1. The second-order valence-corrected chi connectivity index (χ2v) is 5.63. The molecule has 0 radical (unpaired) electrons. The number of rotatable bonds is 3. The van der Waals surface area contributed by atoms with E-state index in [1.807, 2.05) is 30.3 Å². The molecule has 2 aromatic carbocycles. The van der Waals surface area contributed by atoms with E-state index in [9.17, 15) is 9.90 Å². The minimum absolute atomic E-state index is 0.0130. The van der Waals surface area contributed by atoms with Gasteiger partial charge in [-0.15, -0.1) is 0 Å². The number of carbonyl (C=O) groups excluding carboxylic acids is 1. The van der Waals surface area contributed by atoms with Crippen molar-refractivity contribution in [3.63, 3.8) is 0 Å². The van der Waals surface area contributed by atoms with Gasteiger partial charge in [0.25, 0.3) is 5.91 Å². The lowest BCUT2D eigenvalue weighted by Crippen LogP contribution is -1.89. The van der Waals surface area contributed by atoms with Crippen LogP contribution in [0.15, 0.2) is 58.4 Å². The zero-order chi connectivity index (χ0) is 15.5. The standard InChI is InChI=1S/C17H13NO3S/c1-21-13-9-5-8-12(15(13)19)10-14-16(20)18-17(22-14)11-6-3-2-4-7-11/h2-10,19H,1H3/b14-10-. The van der Waals surface area contributed by atoms with Crippen LogP contribution in [0, 0.1) is 0 Å². The summed E-state index contributed by atoms with van der Waals surface area (Å²) in [6.07, 6.45) is 1.63. The zero-order valence-corrected chi connectivity index (χ0v) is 12.6. The van der Waals surface area contributed by atoms with Gasteiger partial charge in [-0.3, -0.25) is 4.79 Å². The van der Waals surface area contributed by atoms with Crippen LogP contribution < -0.4 is 4.74 Å². The Hall–Kier alpha value is -2.53. The van der Waals surface area contributed by atoms with Crippen LogP contribution in [0.5, 0.6) is 11.5 Å². The summed E-state index contributed by atoms with van der Waals surface area (Å²) in [4.78, 5) is 16.6. The number of carbonyl (C=O) groups is 1. The molecule has 0 saturated heterocycles. The fourth-order valence-corrected chi connectivity index (χ4v) is 2.98. The maximum atomic E-state index is 12.0. The van der Waals surface area contributed by atoms with Crippen molar-refractivity contribution in [1.82, 2.24) is 0 Å². The first-order valence-corrected chi connectivity index (χ1v) is 7.44. The largest absolute Gasteiger partial charge is 0.504 e. The first-order valence-electron chi connectivity index (χ1n) is 6.63. The van der Waals surface area contributed by atoms with Crippen LogP contribution in [0.3, 0.4) is 0 Å². The van der Waals surface area contributed by atoms with Gasteiger partial charge in [0.15, 0.2) is 11.5 Å². The van der Waals surface area contributed by atoms with Crippen molar-refractivity contribution in [3.05, 3.63) is 64.6 Å². The Morgan fingerprint density at radius 2 is 1.91 bits per heavy atom. The number of amides is 1. The number of thioether (sulfide) groups is 1. The summed E-state index contributed by atoms with van der Waals surface area (Å²) in [5.41, 5.74) is 1.43. The van der Waals surface area contributed by atoms with Crippen molar-refractivity contribution in [2.24, 2.45) is 4.99 Å². The summed E-state index contributed by atoms with van der Waals surface area (Å²) in [6.45, 7) is 0. The molecule has 0 spiro atoms. The number of methoxy groups -OCH3 is 1. The van der Waals surface area contributed by atoms with Gasteiger partial charge in [-0.05, 0) is 12.1 Å². The number of hydrogen-bond donors (Lipinski definition) is 1. The van der Waals surface area contributed by atoms with Crippen molar-refractivity contribution in [1.29, 1.82) is 0 Å². The summed E-state index contributed by atoms with van der Waals surface area (Å²) >= 11 is 1.30. The van der Waals surface area contributed by atoms with Crippen LogP contribution in [-0.4, -0.2) is 23.2 Å². The first-order chi connectivity index (χ1) is 10.7. The number of benzene rings is 2. The number of ether oxygens (including phenoxy) is 1. The molecule has 1 aliphatic heterocycles. The third-order valence-corrected chi connectivity index (χ3v) is 4.21. The fourth-order valence-electron chi connectivity index (χ4n) is 2.08. The highest BCUT2D eigenvalue weighted by Gasteiger charge is 2.23. The minimum atomic E-state index is -0.300. The molecule has 0 bridgehead atoms. The second-order valence-electron chi connectivity index (χ2n) is 4.60. The maximum absolute atomic E-state index is 12.0. The molecule has 5 heteroatoms. The fraction of sp³-hybridized carbons (Fsp3) is 0.0588. The number of aliphatic imine (C=N–C) groups is 1. The molecule has 0 aromatic heterocycles. The molecule has 1 amide bonds. The van der Waals surface area contributed by atoms with E-state index in [0.717, 1.165) is 5.56 Å². The average Bonchev–Trinajstić information content (AvgIpc) is 2.91. The number of phenols is 1. The Labute approximate surface area is 132 Å². The monoisotopic (exact) mass is 311 g/mol. The Kier molecular flexibility index (Phi) is 3.98. The van der Waals surface area contributed by atoms with Gasteiger partial charge in [-0.1, -0.05) is 54.2 Å². The van der Waals surface area contributed by atoms with Gasteiger partial charge in [0.2, 0.25) is 0 Å². The lowest BCUT2D eigenvalue weighted by molar-refractivity contribution is -0.113. The molecular weight excluding hydrogens is 298 g/mol. The number of phenolic OH excluding ortho intramolecular Hbond substituents is 1. The topological polar surface area (TPSA) is 58.9 Å². The average molecular weight is 311 g/mol. The van der Waals surface area contributed by atoms with Gasteiger partial charge >= 0.3 is 0 Å². The first kappa shape index (κ1) is 14.4. The SMILES string of the molecule is COc1cccc(/C=C2\SC(c3ccccc3)=NC2=O)c1O. The van der Waals surface area contributed by atoms with Gasteiger partial charge < -0.3 is 9.84 Å². The molecule has 1 heterocycles. The summed E-state index contributed by atoms with van der Waals surface area (Å²) < 4.78 is 5.07. The molecule has 2 aromatic rings.